The molecule has 0 bridgehead atoms. The van der Waals surface area contributed by atoms with Crippen molar-refractivity contribution in [2.24, 2.45) is 0 Å². The maximum atomic E-state index is 14.2. The van der Waals surface area contributed by atoms with Gasteiger partial charge in [-0.05, 0) is 56.3 Å². The number of piperidine rings is 1. The minimum absolute atomic E-state index is 0. The molecule has 40 heavy (non-hydrogen) atoms. The number of aromatic nitrogens is 4. The molecule has 212 valence electrons. The molecule has 1 saturated heterocycles. The minimum atomic E-state index is -0.967. The number of halogens is 3. The van der Waals surface area contributed by atoms with Crippen molar-refractivity contribution in [3.63, 3.8) is 0 Å². The largest absolute Gasteiger partial charge is 0.478 e. The Morgan fingerprint density at radius 2 is 1.93 bits per heavy atom. The number of hydrogen-bond donors (Lipinski definition) is 1. The van der Waals surface area contributed by atoms with E-state index in [2.05, 4.69) is 14.9 Å². The van der Waals surface area contributed by atoms with Gasteiger partial charge in [0, 0.05) is 42.6 Å². The van der Waals surface area contributed by atoms with Crippen molar-refractivity contribution in [1.82, 2.24) is 24.4 Å². The Morgan fingerprint density at radius 1 is 1.15 bits per heavy atom. The predicted molar refractivity (Wildman–Crippen MR) is 151 cm³/mol. The Balaban J connectivity index is 0.00000370. The van der Waals surface area contributed by atoms with Gasteiger partial charge in [0.05, 0.1) is 29.7 Å². The van der Waals surface area contributed by atoms with Crippen LogP contribution in [0, 0.1) is 5.82 Å². The molecule has 1 fully saturated rings. The molecule has 1 aliphatic heterocycles. The zero-order valence-electron chi connectivity index (χ0n) is 21.9. The first-order chi connectivity index (χ1) is 18.9. The topological polar surface area (TPSA) is 103 Å². The summed E-state index contributed by atoms with van der Waals surface area (Å²) in [5.41, 5.74) is 2.96. The van der Waals surface area contributed by atoms with Gasteiger partial charge in [-0.15, -0.1) is 12.4 Å². The van der Waals surface area contributed by atoms with E-state index in [0.29, 0.717) is 36.2 Å². The summed E-state index contributed by atoms with van der Waals surface area (Å²) < 4.78 is 27.4. The lowest BCUT2D eigenvalue weighted by atomic mass is 9.93. The zero-order chi connectivity index (χ0) is 27.4. The lowest BCUT2D eigenvalue weighted by Gasteiger charge is -2.31. The number of benzene rings is 2. The van der Waals surface area contributed by atoms with E-state index < -0.39 is 11.8 Å². The molecule has 3 heterocycles. The van der Waals surface area contributed by atoms with Gasteiger partial charge in [-0.1, -0.05) is 17.7 Å². The predicted octanol–water partition coefficient (Wildman–Crippen LogP) is 5.34. The van der Waals surface area contributed by atoms with E-state index in [1.807, 2.05) is 4.57 Å². The molecule has 5 rings (SSSR count). The van der Waals surface area contributed by atoms with Gasteiger partial charge in [-0.3, -0.25) is 9.88 Å². The van der Waals surface area contributed by atoms with Crippen molar-refractivity contribution in [2.45, 2.75) is 38.5 Å². The Labute approximate surface area is 242 Å². The number of rotatable bonds is 10. The van der Waals surface area contributed by atoms with Crippen molar-refractivity contribution in [1.29, 1.82) is 0 Å². The van der Waals surface area contributed by atoms with Crippen LogP contribution < -0.4 is 4.74 Å². The highest BCUT2D eigenvalue weighted by Gasteiger charge is 2.26. The van der Waals surface area contributed by atoms with Crippen LogP contribution in [0.2, 0.25) is 5.02 Å². The van der Waals surface area contributed by atoms with Crippen molar-refractivity contribution in [3.8, 4) is 5.88 Å². The van der Waals surface area contributed by atoms with Crippen molar-refractivity contribution in [2.75, 3.05) is 26.8 Å². The summed E-state index contributed by atoms with van der Waals surface area (Å²) in [7, 11) is 1.64. The Kier molecular flexibility index (Phi) is 9.91. The van der Waals surface area contributed by atoms with E-state index >= 15 is 0 Å². The third kappa shape index (κ3) is 6.69. The normalized spacial score (nSPS) is 14.3. The molecule has 0 spiro atoms. The smallest absolute Gasteiger partial charge is 0.335 e. The van der Waals surface area contributed by atoms with E-state index in [-0.39, 0.29) is 30.5 Å². The molecular weight excluding hydrogens is 560 g/mol. The van der Waals surface area contributed by atoms with Crippen molar-refractivity contribution < 1.29 is 23.8 Å². The second kappa shape index (κ2) is 13.4. The first-order valence-corrected chi connectivity index (χ1v) is 13.1. The van der Waals surface area contributed by atoms with Crippen molar-refractivity contribution >= 4 is 41.0 Å². The summed E-state index contributed by atoms with van der Waals surface area (Å²) >= 11 is 5.85. The summed E-state index contributed by atoms with van der Waals surface area (Å²) in [4.78, 5) is 27.6. The number of aromatic carboxylic acids is 1. The summed E-state index contributed by atoms with van der Waals surface area (Å²) in [5, 5.41) is 9.76. The summed E-state index contributed by atoms with van der Waals surface area (Å²) in [6.07, 6.45) is 4.94. The molecular formula is C28H30Cl2FN5O4. The molecule has 2 aromatic heterocycles. The molecule has 0 amide bonds. The number of imidazole rings is 1. The second-order valence-electron chi connectivity index (χ2n) is 9.50. The standard InChI is InChI=1S/C28H29ClFN5O4.ClH/c1-38-13-12-35-24-14-19(28(36)37)3-5-23(24)33-25(35)16-34-10-6-18(7-11-34)26-27(32-9-8-31-26)39-17-20-2-4-21(29)15-22(20)30;/h2-5,8-9,14-15,18H,6-7,10-13,16-17H2,1H3,(H,36,37);1H. The van der Waals surface area contributed by atoms with Gasteiger partial charge in [-0.25, -0.2) is 19.2 Å². The van der Waals surface area contributed by atoms with E-state index in [1.54, 1.807) is 49.8 Å². The molecule has 2 aromatic carbocycles. The number of fused-ring (bicyclic) bond motifs is 1. The lowest BCUT2D eigenvalue weighted by molar-refractivity contribution is 0.0697. The van der Waals surface area contributed by atoms with E-state index in [0.717, 1.165) is 48.5 Å². The zero-order valence-corrected chi connectivity index (χ0v) is 23.5. The van der Waals surface area contributed by atoms with Crippen LogP contribution in [0.3, 0.4) is 0 Å². The molecule has 9 nitrogen and oxygen atoms in total. The van der Waals surface area contributed by atoms with E-state index in [4.69, 9.17) is 26.1 Å². The minimum Gasteiger partial charge on any atom is -0.478 e. The number of carbonyl (C=O) groups is 1. The fourth-order valence-electron chi connectivity index (χ4n) is 4.94. The van der Waals surface area contributed by atoms with Crippen LogP contribution in [0.15, 0.2) is 48.8 Å². The third-order valence-corrected chi connectivity index (χ3v) is 7.24. The summed E-state index contributed by atoms with van der Waals surface area (Å²) in [6.45, 7) is 3.38. The highest BCUT2D eigenvalue weighted by Crippen LogP contribution is 2.32. The van der Waals surface area contributed by atoms with Gasteiger partial charge in [-0.2, -0.15) is 0 Å². The third-order valence-electron chi connectivity index (χ3n) is 7.00. The molecule has 0 saturated carbocycles. The Bertz CT molecular complexity index is 1480. The fourth-order valence-corrected chi connectivity index (χ4v) is 5.09. The molecule has 0 aliphatic carbocycles. The number of carboxylic acids is 1. The highest BCUT2D eigenvalue weighted by molar-refractivity contribution is 6.30. The summed E-state index contributed by atoms with van der Waals surface area (Å²) in [5.74, 6) is 0.0607. The van der Waals surface area contributed by atoms with Crippen LogP contribution in [-0.4, -0.2) is 62.3 Å². The number of ether oxygens (including phenoxy) is 2. The molecule has 0 atom stereocenters. The Hall–Kier alpha value is -3.31. The van der Waals surface area contributed by atoms with E-state index in [9.17, 15) is 14.3 Å². The van der Waals surface area contributed by atoms with Crippen LogP contribution in [0.1, 0.15) is 46.2 Å². The van der Waals surface area contributed by atoms with Crippen LogP contribution in [0.5, 0.6) is 5.88 Å². The maximum absolute atomic E-state index is 14.2. The van der Waals surface area contributed by atoms with E-state index in [1.165, 1.54) is 6.07 Å². The van der Waals surface area contributed by atoms with Crippen LogP contribution >= 0.6 is 24.0 Å². The molecule has 4 aromatic rings. The molecule has 0 radical (unpaired) electrons. The SMILES string of the molecule is COCCn1c(CN2CCC(c3nccnc3OCc3ccc(Cl)cc3F)CC2)nc2ccc(C(=O)O)cc21.Cl. The number of methoxy groups -OCH3 is 1. The second-order valence-corrected chi connectivity index (χ2v) is 9.94. The average molecular weight is 590 g/mol. The number of likely N-dealkylation sites (tertiary alicyclic amines) is 1. The highest BCUT2D eigenvalue weighted by atomic mass is 35.5. The Morgan fingerprint density at radius 3 is 2.65 bits per heavy atom. The van der Waals surface area contributed by atoms with Crippen molar-refractivity contribution in [3.05, 3.63) is 82.3 Å². The van der Waals surface area contributed by atoms with Gasteiger partial charge in [0.25, 0.3) is 0 Å². The molecule has 1 aliphatic rings. The number of carboxylic acid groups (broad SMARTS) is 1. The summed E-state index contributed by atoms with van der Waals surface area (Å²) in [6, 6.07) is 9.50. The average Bonchev–Trinajstić information content (AvgIpc) is 3.28. The van der Waals surface area contributed by atoms with Gasteiger partial charge in [0.15, 0.2) is 0 Å². The van der Waals surface area contributed by atoms with Crippen LogP contribution in [0.25, 0.3) is 11.0 Å². The number of hydrogen-bond acceptors (Lipinski definition) is 7. The van der Waals surface area contributed by atoms with Gasteiger partial charge in [0.1, 0.15) is 23.9 Å². The fraction of sp³-hybridized carbons (Fsp3) is 0.357. The quantitative estimate of drug-likeness (QED) is 0.264. The molecule has 1 N–H and O–H groups in total. The molecule has 0 unspecified atom stereocenters. The molecule has 12 heteroatoms. The monoisotopic (exact) mass is 589 g/mol. The number of nitrogens with zero attached hydrogens (tertiary/aromatic N) is 5. The van der Waals surface area contributed by atoms with Gasteiger partial charge in [0.2, 0.25) is 5.88 Å². The lowest BCUT2D eigenvalue weighted by Crippen LogP contribution is -2.34. The maximum Gasteiger partial charge on any atom is 0.335 e. The first-order valence-electron chi connectivity index (χ1n) is 12.7. The van der Waals surface area contributed by atoms with Crippen LogP contribution in [0.4, 0.5) is 4.39 Å². The first kappa shape index (κ1) is 29.7. The van der Waals surface area contributed by atoms with Gasteiger partial charge >= 0.3 is 5.97 Å². The van der Waals surface area contributed by atoms with Gasteiger partial charge < -0.3 is 19.1 Å². The van der Waals surface area contributed by atoms with Crippen LogP contribution in [-0.2, 0) is 24.4 Å².